The molecule has 0 saturated carbocycles. The highest BCUT2D eigenvalue weighted by Crippen LogP contribution is 2.28. The lowest BCUT2D eigenvalue weighted by atomic mass is 10.1. The van der Waals surface area contributed by atoms with Crippen LogP contribution >= 0.6 is 11.3 Å². The van der Waals surface area contributed by atoms with Crippen molar-refractivity contribution in [3.8, 4) is 11.5 Å². The van der Waals surface area contributed by atoms with Gasteiger partial charge in [0, 0.05) is 17.0 Å². The van der Waals surface area contributed by atoms with Crippen LogP contribution in [-0.4, -0.2) is 74.5 Å². The SMILES string of the molecule is COc1ccc(C(=O)N(CCCN(C)C)CC(=O)Nc2nc(C)c(C)s2)cc1OC. The number of hydrogen-bond acceptors (Lipinski definition) is 7. The minimum absolute atomic E-state index is 0.0573. The van der Waals surface area contributed by atoms with Gasteiger partial charge in [-0.15, -0.1) is 11.3 Å². The number of aryl methyl sites for hydroxylation is 2. The topological polar surface area (TPSA) is 84.0 Å². The Morgan fingerprint density at radius 3 is 2.37 bits per heavy atom. The standard InChI is InChI=1S/C21H30N4O4S/c1-14-15(2)30-21(22-14)23-19(26)13-25(11-7-10-24(3)4)20(27)16-8-9-17(28-5)18(12-16)29-6/h8-9,12H,7,10-11,13H2,1-6H3,(H,22,23,26). The lowest BCUT2D eigenvalue weighted by molar-refractivity contribution is -0.116. The van der Waals surface area contributed by atoms with Crippen molar-refractivity contribution < 1.29 is 19.1 Å². The average Bonchev–Trinajstić information content (AvgIpc) is 3.02. The molecule has 0 fully saturated rings. The van der Waals surface area contributed by atoms with Gasteiger partial charge >= 0.3 is 0 Å². The Morgan fingerprint density at radius 1 is 1.10 bits per heavy atom. The first-order chi connectivity index (χ1) is 14.2. The van der Waals surface area contributed by atoms with Crippen LogP contribution in [0.3, 0.4) is 0 Å². The Kier molecular flexibility index (Phi) is 8.61. The van der Waals surface area contributed by atoms with Crippen LogP contribution in [0.4, 0.5) is 5.13 Å². The van der Waals surface area contributed by atoms with Gasteiger partial charge in [-0.1, -0.05) is 0 Å². The molecule has 0 bridgehead atoms. The molecule has 8 nitrogen and oxygen atoms in total. The summed E-state index contributed by atoms with van der Waals surface area (Å²) in [5.74, 6) is 0.494. The van der Waals surface area contributed by atoms with Gasteiger partial charge in [-0.2, -0.15) is 0 Å². The predicted octanol–water partition coefficient (Wildman–Crippen LogP) is 2.81. The fourth-order valence-corrected chi connectivity index (χ4v) is 3.67. The molecule has 2 amide bonds. The van der Waals surface area contributed by atoms with E-state index in [0.717, 1.165) is 23.5 Å². The number of amides is 2. The van der Waals surface area contributed by atoms with Crippen molar-refractivity contribution in [3.63, 3.8) is 0 Å². The number of thiazole rings is 1. The minimum atomic E-state index is -0.276. The molecule has 9 heteroatoms. The lowest BCUT2D eigenvalue weighted by Crippen LogP contribution is -2.39. The van der Waals surface area contributed by atoms with E-state index in [4.69, 9.17) is 9.47 Å². The molecule has 0 atom stereocenters. The largest absolute Gasteiger partial charge is 0.493 e. The molecule has 2 aromatic rings. The van der Waals surface area contributed by atoms with Crippen LogP contribution in [0.1, 0.15) is 27.3 Å². The molecule has 0 aliphatic heterocycles. The Balaban J connectivity index is 2.16. The summed E-state index contributed by atoms with van der Waals surface area (Å²) in [4.78, 5) is 34.7. The Morgan fingerprint density at radius 2 is 1.80 bits per heavy atom. The lowest BCUT2D eigenvalue weighted by Gasteiger charge is -2.23. The number of anilines is 1. The van der Waals surface area contributed by atoms with Crippen molar-refractivity contribution >= 4 is 28.3 Å². The fraction of sp³-hybridized carbons (Fsp3) is 0.476. The number of ether oxygens (including phenoxy) is 2. The van der Waals surface area contributed by atoms with E-state index in [0.29, 0.717) is 28.7 Å². The van der Waals surface area contributed by atoms with E-state index >= 15 is 0 Å². The zero-order chi connectivity index (χ0) is 22.3. The van der Waals surface area contributed by atoms with Gasteiger partial charge in [0.1, 0.15) is 6.54 Å². The summed E-state index contributed by atoms with van der Waals surface area (Å²) in [5, 5.41) is 3.34. The van der Waals surface area contributed by atoms with Crippen molar-refractivity contribution in [1.29, 1.82) is 0 Å². The smallest absolute Gasteiger partial charge is 0.254 e. The highest BCUT2D eigenvalue weighted by atomic mass is 32.1. The summed E-state index contributed by atoms with van der Waals surface area (Å²) < 4.78 is 10.5. The first kappa shape index (κ1) is 23.6. The van der Waals surface area contributed by atoms with Crippen molar-refractivity contribution in [2.24, 2.45) is 0 Å². The van der Waals surface area contributed by atoms with E-state index in [-0.39, 0.29) is 18.4 Å². The van der Waals surface area contributed by atoms with Gasteiger partial charge in [0.15, 0.2) is 16.6 Å². The average molecular weight is 435 g/mol. The van der Waals surface area contributed by atoms with Crippen molar-refractivity contribution in [2.45, 2.75) is 20.3 Å². The van der Waals surface area contributed by atoms with Crippen LogP contribution in [0.25, 0.3) is 0 Å². The van der Waals surface area contributed by atoms with Gasteiger partial charge < -0.3 is 24.6 Å². The van der Waals surface area contributed by atoms with E-state index in [1.807, 2.05) is 32.8 Å². The maximum Gasteiger partial charge on any atom is 0.254 e. The summed E-state index contributed by atoms with van der Waals surface area (Å²) in [5.41, 5.74) is 1.32. The van der Waals surface area contributed by atoms with E-state index in [1.54, 1.807) is 30.2 Å². The van der Waals surface area contributed by atoms with Crippen LogP contribution in [-0.2, 0) is 4.79 Å². The van der Waals surface area contributed by atoms with Gasteiger partial charge in [-0.25, -0.2) is 4.98 Å². The molecule has 0 spiro atoms. The van der Waals surface area contributed by atoms with Crippen LogP contribution in [0.2, 0.25) is 0 Å². The van der Waals surface area contributed by atoms with Crippen LogP contribution in [0.15, 0.2) is 18.2 Å². The number of hydrogen-bond donors (Lipinski definition) is 1. The van der Waals surface area contributed by atoms with E-state index < -0.39 is 0 Å². The third-order valence-electron chi connectivity index (χ3n) is 4.56. The number of nitrogens with zero attached hydrogens (tertiary/aromatic N) is 3. The second-order valence-electron chi connectivity index (χ2n) is 7.16. The Hall–Kier alpha value is -2.65. The highest BCUT2D eigenvalue weighted by molar-refractivity contribution is 7.15. The van der Waals surface area contributed by atoms with Gasteiger partial charge in [0.25, 0.3) is 5.91 Å². The first-order valence-corrected chi connectivity index (χ1v) is 10.5. The number of nitrogens with one attached hydrogen (secondary N) is 1. The summed E-state index contributed by atoms with van der Waals surface area (Å²) in [6.45, 7) is 5.06. The van der Waals surface area contributed by atoms with Crippen LogP contribution in [0.5, 0.6) is 11.5 Å². The third-order valence-corrected chi connectivity index (χ3v) is 5.55. The number of rotatable bonds is 10. The zero-order valence-corrected chi connectivity index (χ0v) is 19.3. The van der Waals surface area contributed by atoms with Gasteiger partial charge in [-0.3, -0.25) is 9.59 Å². The number of benzene rings is 1. The molecule has 164 valence electrons. The second kappa shape index (κ2) is 10.9. The third kappa shape index (κ3) is 6.43. The molecule has 30 heavy (non-hydrogen) atoms. The van der Waals surface area contributed by atoms with E-state index in [1.165, 1.54) is 18.4 Å². The molecule has 2 rings (SSSR count). The Bertz CT molecular complexity index is 862. The Labute approximate surface area is 181 Å². The summed E-state index contributed by atoms with van der Waals surface area (Å²) >= 11 is 1.42. The molecular formula is C21H30N4O4S. The normalized spacial score (nSPS) is 10.8. The first-order valence-electron chi connectivity index (χ1n) is 9.65. The number of carbonyl (C=O) groups is 2. The summed E-state index contributed by atoms with van der Waals surface area (Å²) in [6, 6.07) is 4.99. The van der Waals surface area contributed by atoms with Gasteiger partial charge in [-0.05, 0) is 59.1 Å². The molecule has 1 N–H and O–H groups in total. The monoisotopic (exact) mass is 434 g/mol. The molecule has 0 aliphatic rings. The molecule has 0 radical (unpaired) electrons. The predicted molar refractivity (Wildman–Crippen MR) is 119 cm³/mol. The highest BCUT2D eigenvalue weighted by Gasteiger charge is 2.21. The summed E-state index contributed by atoms with van der Waals surface area (Å²) in [6.07, 6.45) is 0.745. The molecule has 1 aromatic heterocycles. The van der Waals surface area contributed by atoms with E-state index in [2.05, 4.69) is 10.3 Å². The number of aromatic nitrogens is 1. The minimum Gasteiger partial charge on any atom is -0.493 e. The molecule has 0 aliphatic carbocycles. The molecule has 1 heterocycles. The second-order valence-corrected chi connectivity index (χ2v) is 8.37. The molecule has 0 unspecified atom stereocenters. The van der Waals surface area contributed by atoms with Crippen LogP contribution < -0.4 is 14.8 Å². The van der Waals surface area contributed by atoms with Crippen LogP contribution in [0, 0.1) is 13.8 Å². The van der Waals surface area contributed by atoms with Gasteiger partial charge in [0.2, 0.25) is 5.91 Å². The van der Waals surface area contributed by atoms with Gasteiger partial charge in [0.05, 0.1) is 19.9 Å². The van der Waals surface area contributed by atoms with E-state index in [9.17, 15) is 9.59 Å². The summed E-state index contributed by atoms with van der Waals surface area (Å²) in [7, 11) is 7.01. The van der Waals surface area contributed by atoms with Crippen molar-refractivity contribution in [3.05, 3.63) is 34.3 Å². The fourth-order valence-electron chi connectivity index (χ4n) is 2.84. The molecule has 0 saturated heterocycles. The number of methoxy groups -OCH3 is 2. The maximum atomic E-state index is 13.2. The maximum absolute atomic E-state index is 13.2. The quantitative estimate of drug-likeness (QED) is 0.619. The number of carbonyl (C=O) groups excluding carboxylic acids is 2. The zero-order valence-electron chi connectivity index (χ0n) is 18.4. The van der Waals surface area contributed by atoms with Crippen molar-refractivity contribution in [1.82, 2.24) is 14.8 Å². The molecular weight excluding hydrogens is 404 g/mol. The molecule has 1 aromatic carbocycles. The van der Waals surface area contributed by atoms with Crippen molar-refractivity contribution in [2.75, 3.05) is 53.3 Å².